The number of fused-ring (bicyclic) bond motifs is 4. The normalized spacial score (nSPS) is 11.5. The zero-order valence-corrected chi connectivity index (χ0v) is 23.7. The average Bonchev–Trinajstić information content (AvgIpc) is 3.00. The molecule has 0 bridgehead atoms. The number of benzene rings is 4. The van der Waals surface area contributed by atoms with Crippen LogP contribution in [-0.4, -0.2) is 50.6 Å². The van der Waals surface area contributed by atoms with Gasteiger partial charge in [-0.2, -0.15) is 26.3 Å². The van der Waals surface area contributed by atoms with E-state index < -0.39 is 24.3 Å². The van der Waals surface area contributed by atoms with Crippen molar-refractivity contribution < 1.29 is 46.1 Å². The Hall–Kier alpha value is -5.66. The zero-order valence-electron chi connectivity index (χ0n) is 23.7. The van der Waals surface area contributed by atoms with Gasteiger partial charge in [-0.25, -0.2) is 19.6 Å². The highest BCUT2D eigenvalue weighted by Gasteiger charge is 2.38. The van der Waals surface area contributed by atoms with Crippen LogP contribution < -0.4 is 10.6 Å². The number of carboxylic acid groups (broad SMARTS) is 2. The number of alkyl halides is 6. The molecular weight excluding hydrogens is 618 g/mol. The molecule has 8 nitrogen and oxygen atoms in total. The van der Waals surface area contributed by atoms with Crippen LogP contribution in [0.1, 0.15) is 6.92 Å². The Morgan fingerprint density at radius 2 is 0.761 bits per heavy atom. The van der Waals surface area contributed by atoms with Crippen LogP contribution in [0.2, 0.25) is 0 Å². The van der Waals surface area contributed by atoms with Gasteiger partial charge in [0.05, 0.1) is 39.6 Å². The molecule has 6 rings (SSSR count). The van der Waals surface area contributed by atoms with Crippen LogP contribution in [0.4, 0.5) is 37.7 Å². The lowest BCUT2D eigenvalue weighted by Crippen LogP contribution is -2.25. The zero-order chi connectivity index (χ0) is 33.6. The van der Waals surface area contributed by atoms with Gasteiger partial charge in [-0.3, -0.25) is 0 Å². The van der Waals surface area contributed by atoms with E-state index in [1.54, 1.807) is 0 Å². The molecule has 0 saturated carbocycles. The third kappa shape index (κ3) is 7.88. The van der Waals surface area contributed by atoms with Crippen LogP contribution in [0.5, 0.6) is 0 Å². The van der Waals surface area contributed by atoms with Crippen molar-refractivity contribution in [3.63, 3.8) is 0 Å². The molecule has 238 valence electrons. The summed E-state index contributed by atoms with van der Waals surface area (Å²) in [4.78, 5) is 27.5. The molecule has 2 heterocycles. The quantitative estimate of drug-likeness (QED) is 0.0862. The Morgan fingerprint density at radius 3 is 0.978 bits per heavy atom. The number of nitrogens with one attached hydrogen (secondary N) is 2. The van der Waals surface area contributed by atoms with Crippen LogP contribution in [0, 0.1) is 0 Å². The van der Waals surface area contributed by atoms with Crippen LogP contribution in [-0.2, 0) is 9.59 Å². The number of rotatable bonds is 4. The molecule has 0 radical (unpaired) electrons. The van der Waals surface area contributed by atoms with E-state index in [2.05, 4.69) is 90.4 Å². The van der Waals surface area contributed by atoms with Gasteiger partial charge in [-0.05, 0) is 31.2 Å². The van der Waals surface area contributed by atoms with Crippen molar-refractivity contribution in [3.8, 4) is 0 Å². The van der Waals surface area contributed by atoms with Gasteiger partial charge in [0.25, 0.3) is 0 Å². The number of halogens is 6. The van der Waals surface area contributed by atoms with Crippen molar-refractivity contribution in [2.45, 2.75) is 25.4 Å². The lowest BCUT2D eigenvalue weighted by molar-refractivity contribution is -0.193. The number of pyridine rings is 2. The molecule has 0 amide bonds. The summed E-state index contributed by atoms with van der Waals surface area (Å²) in [7, 11) is 0. The number of aliphatic carboxylic acids is 2. The number of nitrogens with zero attached hydrogens (tertiary/aromatic N) is 2. The molecule has 0 spiro atoms. The number of anilines is 2. The fourth-order valence-corrected chi connectivity index (χ4v) is 4.46. The second kappa shape index (κ2) is 13.5. The Labute approximate surface area is 256 Å². The summed E-state index contributed by atoms with van der Waals surface area (Å²) in [6.45, 7) is 2.15. The third-order valence-electron chi connectivity index (χ3n) is 6.38. The lowest BCUT2D eigenvalue weighted by Gasteiger charge is -2.22. The number of hydrogen-bond donors (Lipinski definition) is 4. The monoisotopic (exact) mass is 642 g/mol. The van der Waals surface area contributed by atoms with Crippen molar-refractivity contribution in [2.75, 3.05) is 10.6 Å². The maximum atomic E-state index is 10.6. The van der Waals surface area contributed by atoms with Gasteiger partial charge in [0, 0.05) is 21.5 Å². The van der Waals surface area contributed by atoms with Crippen LogP contribution in [0.25, 0.3) is 43.6 Å². The first kappa shape index (κ1) is 33.2. The standard InChI is InChI=1S/C28H22N4.2C2HF3O2/c1-18(29-27-19-10-2-6-14-23(19)31-24-15-7-3-11-20(24)27)30-28-21-12-4-8-16-25(21)32-26-17-9-5-13-22(26)28;2*3-2(4,5)1(6)7/h2-18H,1H3,(H,29,31)(H,30,32);2*(H,6,7). The van der Waals surface area contributed by atoms with E-state index in [0.29, 0.717) is 0 Å². The third-order valence-corrected chi connectivity index (χ3v) is 6.38. The number of para-hydroxylation sites is 4. The average molecular weight is 643 g/mol. The number of carbonyl (C=O) groups is 2. The molecule has 46 heavy (non-hydrogen) atoms. The minimum atomic E-state index is -5.08. The molecule has 0 atom stereocenters. The molecule has 2 aromatic heterocycles. The SMILES string of the molecule is CC(Nc1c2ccccc2nc2ccccc12)Nc1c2ccccc2nc2ccccc12.O=C(O)C(F)(F)F.O=C(O)C(F)(F)F. The fraction of sp³-hybridized carbons (Fsp3) is 0.125. The highest BCUT2D eigenvalue weighted by Crippen LogP contribution is 2.34. The van der Waals surface area contributed by atoms with Crippen molar-refractivity contribution in [1.82, 2.24) is 9.97 Å². The number of hydrogen-bond acceptors (Lipinski definition) is 6. The maximum Gasteiger partial charge on any atom is 0.490 e. The predicted molar refractivity (Wildman–Crippen MR) is 163 cm³/mol. The highest BCUT2D eigenvalue weighted by molar-refractivity contribution is 6.09. The minimum Gasteiger partial charge on any atom is -0.475 e. The highest BCUT2D eigenvalue weighted by atomic mass is 19.4. The summed E-state index contributed by atoms with van der Waals surface area (Å²) in [5, 5.41) is 26.2. The van der Waals surface area contributed by atoms with Gasteiger partial charge in [-0.15, -0.1) is 0 Å². The molecule has 0 aliphatic rings. The minimum absolute atomic E-state index is 0.0292. The van der Waals surface area contributed by atoms with E-state index in [9.17, 15) is 26.3 Å². The van der Waals surface area contributed by atoms with E-state index in [1.807, 2.05) is 24.3 Å². The fourth-order valence-electron chi connectivity index (χ4n) is 4.46. The van der Waals surface area contributed by atoms with Crippen molar-refractivity contribution >= 4 is 66.9 Å². The van der Waals surface area contributed by atoms with Gasteiger partial charge >= 0.3 is 24.3 Å². The van der Waals surface area contributed by atoms with Crippen molar-refractivity contribution in [1.29, 1.82) is 0 Å². The van der Waals surface area contributed by atoms with E-state index in [-0.39, 0.29) is 6.17 Å². The molecule has 0 aliphatic heterocycles. The van der Waals surface area contributed by atoms with E-state index in [1.165, 1.54) is 0 Å². The number of aromatic nitrogens is 2. The summed E-state index contributed by atoms with van der Waals surface area (Å²) in [6.07, 6.45) is -10.2. The molecular formula is C32H24F6N4O4. The molecule has 0 unspecified atom stereocenters. The molecule has 0 fully saturated rings. The molecule has 0 aliphatic carbocycles. The number of carboxylic acids is 2. The lowest BCUT2D eigenvalue weighted by atomic mass is 10.1. The van der Waals surface area contributed by atoms with Crippen molar-refractivity contribution in [3.05, 3.63) is 97.1 Å². The van der Waals surface area contributed by atoms with Crippen LogP contribution in [0.15, 0.2) is 97.1 Å². The Bertz CT molecular complexity index is 1780. The smallest absolute Gasteiger partial charge is 0.475 e. The van der Waals surface area contributed by atoms with Crippen LogP contribution in [0.3, 0.4) is 0 Å². The second-order valence-corrected chi connectivity index (χ2v) is 9.66. The maximum absolute atomic E-state index is 10.6. The largest absolute Gasteiger partial charge is 0.490 e. The molecule has 14 heteroatoms. The van der Waals surface area contributed by atoms with Gasteiger partial charge < -0.3 is 20.8 Å². The Kier molecular flexibility index (Phi) is 9.79. The molecule has 6 aromatic rings. The Balaban J connectivity index is 0.000000289. The van der Waals surface area contributed by atoms with Gasteiger partial charge in [0.2, 0.25) is 0 Å². The summed E-state index contributed by atoms with van der Waals surface area (Å²) in [5.41, 5.74) is 6.13. The van der Waals surface area contributed by atoms with Gasteiger partial charge in [0.15, 0.2) is 0 Å². The summed E-state index contributed by atoms with van der Waals surface area (Å²) in [6, 6.07) is 33.1. The molecule has 4 N–H and O–H groups in total. The van der Waals surface area contributed by atoms with Crippen LogP contribution >= 0.6 is 0 Å². The summed E-state index contributed by atoms with van der Waals surface area (Å²) >= 11 is 0. The van der Waals surface area contributed by atoms with Gasteiger partial charge in [0.1, 0.15) is 0 Å². The van der Waals surface area contributed by atoms with Gasteiger partial charge in [-0.1, -0.05) is 72.8 Å². The first-order valence-electron chi connectivity index (χ1n) is 13.3. The Morgan fingerprint density at radius 1 is 0.543 bits per heavy atom. The predicted octanol–water partition coefficient (Wildman–Crippen LogP) is 8.23. The first-order chi connectivity index (χ1) is 21.7. The summed E-state index contributed by atoms with van der Waals surface area (Å²) < 4.78 is 63.5. The topological polar surface area (TPSA) is 124 Å². The summed E-state index contributed by atoms with van der Waals surface area (Å²) in [5.74, 6) is -5.51. The first-order valence-corrected chi connectivity index (χ1v) is 13.3. The molecule has 0 saturated heterocycles. The van der Waals surface area contributed by atoms with Crippen molar-refractivity contribution in [2.24, 2.45) is 0 Å². The molecule has 4 aromatic carbocycles. The van der Waals surface area contributed by atoms with E-state index >= 15 is 0 Å². The second-order valence-electron chi connectivity index (χ2n) is 9.66. The van der Waals surface area contributed by atoms with E-state index in [0.717, 1.165) is 55.0 Å². The van der Waals surface area contributed by atoms with E-state index in [4.69, 9.17) is 29.8 Å².